The lowest BCUT2D eigenvalue weighted by Gasteiger charge is -2.16. The van der Waals surface area contributed by atoms with E-state index in [9.17, 15) is 9.59 Å². The van der Waals surface area contributed by atoms with Gasteiger partial charge in [-0.3, -0.25) is 4.79 Å². The first-order valence-electron chi connectivity index (χ1n) is 7.64. The quantitative estimate of drug-likeness (QED) is 0.591. The largest absolute Gasteiger partial charge is 0.495 e. The second kappa shape index (κ2) is 8.44. The molecule has 0 bridgehead atoms. The SMILES string of the molecule is COc1cc(OC)c(NC(=O)C(C)OC(=O)c2ccc(N)cc2)cc1Cl. The average Bonchev–Trinajstić information content (AvgIpc) is 2.62. The molecule has 0 aliphatic rings. The number of carbonyl (C=O) groups is 2. The predicted octanol–water partition coefficient (Wildman–Crippen LogP) is 3.12. The van der Waals surface area contributed by atoms with Crippen LogP contribution in [0.3, 0.4) is 0 Å². The molecule has 2 aromatic carbocycles. The summed E-state index contributed by atoms with van der Waals surface area (Å²) in [6.07, 6.45) is -1.04. The van der Waals surface area contributed by atoms with Gasteiger partial charge in [-0.1, -0.05) is 11.6 Å². The van der Waals surface area contributed by atoms with E-state index in [-0.39, 0.29) is 0 Å². The van der Waals surface area contributed by atoms with Crippen LogP contribution in [-0.2, 0) is 9.53 Å². The van der Waals surface area contributed by atoms with E-state index in [0.29, 0.717) is 33.5 Å². The molecule has 26 heavy (non-hydrogen) atoms. The Kier molecular flexibility index (Phi) is 6.30. The number of hydrogen-bond donors (Lipinski definition) is 2. The molecule has 0 saturated carbocycles. The number of hydrogen-bond acceptors (Lipinski definition) is 6. The van der Waals surface area contributed by atoms with Gasteiger partial charge in [-0.15, -0.1) is 0 Å². The number of methoxy groups -OCH3 is 2. The summed E-state index contributed by atoms with van der Waals surface area (Å²) in [5, 5.41) is 2.92. The van der Waals surface area contributed by atoms with Gasteiger partial charge in [0.2, 0.25) is 0 Å². The molecule has 0 heterocycles. The van der Waals surface area contributed by atoms with Crippen molar-refractivity contribution in [2.45, 2.75) is 13.0 Å². The Labute approximate surface area is 156 Å². The topological polar surface area (TPSA) is 99.9 Å². The number of rotatable bonds is 6. The first-order chi connectivity index (χ1) is 12.3. The summed E-state index contributed by atoms with van der Waals surface area (Å²) < 4.78 is 15.5. The molecule has 0 spiro atoms. The number of carbonyl (C=O) groups excluding carboxylic acids is 2. The second-order valence-electron chi connectivity index (χ2n) is 5.35. The predicted molar refractivity (Wildman–Crippen MR) is 98.9 cm³/mol. The highest BCUT2D eigenvalue weighted by atomic mass is 35.5. The van der Waals surface area contributed by atoms with Crippen molar-refractivity contribution < 1.29 is 23.8 Å². The molecule has 0 saturated heterocycles. The van der Waals surface area contributed by atoms with E-state index in [1.54, 1.807) is 18.2 Å². The molecule has 0 aliphatic carbocycles. The smallest absolute Gasteiger partial charge is 0.338 e. The van der Waals surface area contributed by atoms with Crippen molar-refractivity contribution >= 4 is 34.9 Å². The Morgan fingerprint density at radius 2 is 1.69 bits per heavy atom. The number of halogens is 1. The Bertz CT molecular complexity index is 808. The summed E-state index contributed by atoms with van der Waals surface area (Å²) in [7, 11) is 2.92. The summed E-state index contributed by atoms with van der Waals surface area (Å²) in [6.45, 7) is 1.46. The lowest BCUT2D eigenvalue weighted by molar-refractivity contribution is -0.123. The molecule has 138 valence electrons. The number of nitrogens with two attached hydrogens (primary N) is 1. The molecule has 0 radical (unpaired) electrons. The number of esters is 1. The van der Waals surface area contributed by atoms with Crippen LogP contribution in [0.15, 0.2) is 36.4 Å². The first-order valence-corrected chi connectivity index (χ1v) is 8.02. The van der Waals surface area contributed by atoms with E-state index < -0.39 is 18.0 Å². The van der Waals surface area contributed by atoms with Crippen LogP contribution in [-0.4, -0.2) is 32.2 Å². The molecule has 0 fully saturated rings. The number of anilines is 2. The molecule has 8 heteroatoms. The van der Waals surface area contributed by atoms with Crippen molar-refractivity contribution in [1.29, 1.82) is 0 Å². The maximum absolute atomic E-state index is 12.3. The fourth-order valence-electron chi connectivity index (χ4n) is 2.09. The van der Waals surface area contributed by atoms with Gasteiger partial charge < -0.3 is 25.3 Å². The minimum atomic E-state index is -1.04. The van der Waals surface area contributed by atoms with Crippen LogP contribution in [0.25, 0.3) is 0 Å². The minimum Gasteiger partial charge on any atom is -0.495 e. The number of ether oxygens (including phenoxy) is 3. The molecular formula is C18H19ClN2O5. The van der Waals surface area contributed by atoms with E-state index in [1.807, 2.05) is 0 Å². The third kappa shape index (κ3) is 4.58. The lowest BCUT2D eigenvalue weighted by atomic mass is 10.2. The van der Waals surface area contributed by atoms with Gasteiger partial charge in [-0.05, 0) is 37.3 Å². The Morgan fingerprint density at radius 1 is 1.08 bits per heavy atom. The van der Waals surface area contributed by atoms with Crippen LogP contribution < -0.4 is 20.5 Å². The average molecular weight is 379 g/mol. The van der Waals surface area contributed by atoms with Crippen molar-refractivity contribution in [2.24, 2.45) is 0 Å². The third-order valence-electron chi connectivity index (χ3n) is 3.53. The molecular weight excluding hydrogens is 360 g/mol. The van der Waals surface area contributed by atoms with E-state index in [0.717, 1.165) is 0 Å². The Balaban J connectivity index is 2.08. The fourth-order valence-corrected chi connectivity index (χ4v) is 2.33. The van der Waals surface area contributed by atoms with Gasteiger partial charge in [0.15, 0.2) is 6.10 Å². The standard InChI is InChI=1S/C18H19ClN2O5/c1-10(26-18(23)11-4-6-12(20)7-5-11)17(22)21-14-8-13(19)15(24-2)9-16(14)25-3/h4-10H,20H2,1-3H3,(H,21,22). The van der Waals surface area contributed by atoms with Crippen LogP contribution in [0.2, 0.25) is 5.02 Å². The highest BCUT2D eigenvalue weighted by molar-refractivity contribution is 6.32. The van der Waals surface area contributed by atoms with Gasteiger partial charge in [0.25, 0.3) is 5.91 Å². The van der Waals surface area contributed by atoms with Gasteiger partial charge in [0.1, 0.15) is 11.5 Å². The third-order valence-corrected chi connectivity index (χ3v) is 3.83. The Hall–Kier alpha value is -2.93. The molecule has 1 unspecified atom stereocenters. The van der Waals surface area contributed by atoms with Gasteiger partial charge in [-0.25, -0.2) is 4.79 Å². The van der Waals surface area contributed by atoms with Crippen LogP contribution in [0, 0.1) is 0 Å². The summed E-state index contributed by atoms with van der Waals surface area (Å²) in [4.78, 5) is 24.4. The molecule has 0 aromatic heterocycles. The highest BCUT2D eigenvalue weighted by Gasteiger charge is 2.21. The van der Waals surface area contributed by atoms with Crippen molar-refractivity contribution in [3.05, 3.63) is 47.0 Å². The second-order valence-corrected chi connectivity index (χ2v) is 5.75. The number of nitrogen functional groups attached to an aromatic ring is 1. The highest BCUT2D eigenvalue weighted by Crippen LogP contribution is 2.35. The van der Waals surface area contributed by atoms with Crippen molar-refractivity contribution in [2.75, 3.05) is 25.3 Å². The summed E-state index contributed by atoms with van der Waals surface area (Å²) in [5.74, 6) is -0.401. The maximum Gasteiger partial charge on any atom is 0.338 e. The van der Waals surface area contributed by atoms with Gasteiger partial charge in [0, 0.05) is 11.8 Å². The summed E-state index contributed by atoms with van der Waals surface area (Å²) in [5.41, 5.74) is 6.73. The van der Waals surface area contributed by atoms with Gasteiger partial charge in [-0.2, -0.15) is 0 Å². The molecule has 1 amide bonds. The molecule has 2 rings (SSSR count). The zero-order valence-electron chi connectivity index (χ0n) is 14.5. The van der Waals surface area contributed by atoms with Crippen LogP contribution >= 0.6 is 11.6 Å². The Morgan fingerprint density at radius 3 is 2.27 bits per heavy atom. The van der Waals surface area contributed by atoms with Crippen molar-refractivity contribution in [3.8, 4) is 11.5 Å². The molecule has 2 aromatic rings. The van der Waals surface area contributed by atoms with Crippen LogP contribution in [0.4, 0.5) is 11.4 Å². The number of benzene rings is 2. The minimum absolute atomic E-state index is 0.295. The zero-order chi connectivity index (χ0) is 19.3. The molecule has 7 nitrogen and oxygen atoms in total. The van der Waals surface area contributed by atoms with Crippen molar-refractivity contribution in [3.63, 3.8) is 0 Å². The fraction of sp³-hybridized carbons (Fsp3) is 0.222. The van der Waals surface area contributed by atoms with E-state index in [1.165, 1.54) is 39.3 Å². The zero-order valence-corrected chi connectivity index (χ0v) is 15.3. The first kappa shape index (κ1) is 19.4. The van der Waals surface area contributed by atoms with E-state index >= 15 is 0 Å². The molecule has 3 N–H and O–H groups in total. The van der Waals surface area contributed by atoms with Gasteiger partial charge >= 0.3 is 5.97 Å². The molecule has 1 atom stereocenters. The molecule has 0 aliphatic heterocycles. The van der Waals surface area contributed by atoms with E-state index in [4.69, 9.17) is 31.5 Å². The number of nitrogens with one attached hydrogen (secondary N) is 1. The van der Waals surface area contributed by atoms with E-state index in [2.05, 4.69) is 5.32 Å². The maximum atomic E-state index is 12.3. The normalized spacial score (nSPS) is 11.4. The lowest BCUT2D eigenvalue weighted by Crippen LogP contribution is -2.30. The monoisotopic (exact) mass is 378 g/mol. The van der Waals surface area contributed by atoms with Crippen LogP contribution in [0.1, 0.15) is 17.3 Å². The summed E-state index contributed by atoms with van der Waals surface area (Å²) in [6, 6.07) is 9.23. The van der Waals surface area contributed by atoms with Crippen molar-refractivity contribution in [1.82, 2.24) is 0 Å². The summed E-state index contributed by atoms with van der Waals surface area (Å²) >= 11 is 6.07. The van der Waals surface area contributed by atoms with Crippen LogP contribution in [0.5, 0.6) is 11.5 Å². The number of amides is 1. The van der Waals surface area contributed by atoms with Gasteiger partial charge in [0.05, 0.1) is 30.5 Å².